The monoisotopic (exact) mass is 267 g/mol. The van der Waals surface area contributed by atoms with Crippen molar-refractivity contribution < 1.29 is 9.90 Å². The highest BCUT2D eigenvalue weighted by Crippen LogP contribution is 2.20. The molecule has 0 spiro atoms. The molecule has 0 saturated heterocycles. The Morgan fingerprint density at radius 1 is 1.39 bits per heavy atom. The highest BCUT2D eigenvalue weighted by Gasteiger charge is 2.09. The Morgan fingerprint density at radius 2 is 2.00 bits per heavy atom. The van der Waals surface area contributed by atoms with Crippen LogP contribution >= 0.6 is 11.8 Å². The Labute approximate surface area is 113 Å². The van der Waals surface area contributed by atoms with Crippen molar-refractivity contribution in [1.82, 2.24) is 0 Å². The maximum absolute atomic E-state index is 11.8. The molecule has 3 nitrogen and oxygen atoms in total. The molecular weight excluding hydrogens is 246 g/mol. The molecular formula is C14H21NO2S. The summed E-state index contributed by atoms with van der Waals surface area (Å²) >= 11 is 1.57. The SMILES string of the molecule is Cc1cccc(C)c1NC(=O)CSC(C)CCO. The summed E-state index contributed by atoms with van der Waals surface area (Å²) in [4.78, 5) is 11.8. The molecule has 2 N–H and O–H groups in total. The van der Waals surface area contributed by atoms with E-state index >= 15 is 0 Å². The van der Waals surface area contributed by atoms with Crippen molar-refractivity contribution in [3.8, 4) is 0 Å². The number of hydrogen-bond donors (Lipinski definition) is 2. The lowest BCUT2D eigenvalue weighted by atomic mass is 10.1. The number of anilines is 1. The molecule has 1 atom stereocenters. The van der Waals surface area contributed by atoms with E-state index in [1.807, 2.05) is 39.0 Å². The normalized spacial score (nSPS) is 12.2. The van der Waals surface area contributed by atoms with Crippen LogP contribution in [0.2, 0.25) is 0 Å². The van der Waals surface area contributed by atoms with Crippen LogP contribution in [0.5, 0.6) is 0 Å². The Morgan fingerprint density at radius 3 is 2.56 bits per heavy atom. The molecule has 0 bridgehead atoms. The zero-order chi connectivity index (χ0) is 13.5. The number of nitrogens with one attached hydrogen (secondary N) is 1. The van der Waals surface area contributed by atoms with Crippen LogP contribution < -0.4 is 5.32 Å². The summed E-state index contributed by atoms with van der Waals surface area (Å²) in [6, 6.07) is 5.96. The summed E-state index contributed by atoms with van der Waals surface area (Å²) in [5, 5.41) is 12.1. The van der Waals surface area contributed by atoms with E-state index in [4.69, 9.17) is 5.11 Å². The second-order valence-corrected chi connectivity index (χ2v) is 5.88. The van der Waals surface area contributed by atoms with Crippen LogP contribution in [-0.4, -0.2) is 28.6 Å². The first kappa shape index (κ1) is 15.1. The van der Waals surface area contributed by atoms with E-state index < -0.39 is 0 Å². The third-order valence-corrected chi connectivity index (χ3v) is 4.01. The third kappa shape index (κ3) is 4.70. The maximum Gasteiger partial charge on any atom is 0.234 e. The molecule has 0 heterocycles. The van der Waals surface area contributed by atoms with Crippen LogP contribution in [0.1, 0.15) is 24.5 Å². The molecule has 1 unspecified atom stereocenters. The van der Waals surface area contributed by atoms with Crippen LogP contribution in [0.15, 0.2) is 18.2 Å². The zero-order valence-electron chi connectivity index (χ0n) is 11.2. The highest BCUT2D eigenvalue weighted by atomic mass is 32.2. The van der Waals surface area contributed by atoms with Gasteiger partial charge in [0.2, 0.25) is 5.91 Å². The zero-order valence-corrected chi connectivity index (χ0v) is 12.0. The number of benzene rings is 1. The number of hydrogen-bond acceptors (Lipinski definition) is 3. The van der Waals surface area contributed by atoms with E-state index in [1.165, 1.54) is 0 Å². The molecule has 0 aliphatic heterocycles. The van der Waals surface area contributed by atoms with Gasteiger partial charge < -0.3 is 10.4 Å². The van der Waals surface area contributed by atoms with Gasteiger partial charge >= 0.3 is 0 Å². The van der Waals surface area contributed by atoms with Crippen LogP contribution in [0, 0.1) is 13.8 Å². The summed E-state index contributed by atoms with van der Waals surface area (Å²) in [6.45, 7) is 6.17. The van der Waals surface area contributed by atoms with Gasteiger partial charge in [0.1, 0.15) is 0 Å². The first-order valence-electron chi connectivity index (χ1n) is 6.13. The molecule has 0 aliphatic carbocycles. The standard InChI is InChI=1S/C14H21NO2S/c1-10-5-4-6-11(2)14(10)15-13(17)9-18-12(3)7-8-16/h4-6,12,16H,7-9H2,1-3H3,(H,15,17). The minimum atomic E-state index is 0.0159. The first-order chi connectivity index (χ1) is 8.54. The average Bonchev–Trinajstić information content (AvgIpc) is 2.32. The minimum Gasteiger partial charge on any atom is -0.396 e. The van der Waals surface area contributed by atoms with Gasteiger partial charge in [-0.2, -0.15) is 0 Å². The maximum atomic E-state index is 11.8. The molecule has 0 aliphatic rings. The Bertz CT molecular complexity index is 387. The molecule has 1 amide bonds. The number of aliphatic hydroxyl groups excluding tert-OH is 1. The molecule has 0 fully saturated rings. The highest BCUT2D eigenvalue weighted by molar-refractivity contribution is 8.00. The van der Waals surface area contributed by atoms with Crippen molar-refractivity contribution >= 4 is 23.4 Å². The fourth-order valence-electron chi connectivity index (χ4n) is 1.67. The van der Waals surface area contributed by atoms with Crippen molar-refractivity contribution in [3.05, 3.63) is 29.3 Å². The molecule has 0 radical (unpaired) electrons. The smallest absolute Gasteiger partial charge is 0.234 e. The minimum absolute atomic E-state index is 0.0159. The van der Waals surface area contributed by atoms with Gasteiger partial charge in [-0.25, -0.2) is 0 Å². The lowest BCUT2D eigenvalue weighted by Gasteiger charge is -2.13. The van der Waals surface area contributed by atoms with Gasteiger partial charge in [-0.15, -0.1) is 11.8 Å². The summed E-state index contributed by atoms with van der Waals surface area (Å²) in [6.07, 6.45) is 0.724. The number of para-hydroxylation sites is 1. The molecule has 0 saturated carbocycles. The van der Waals surface area contributed by atoms with Gasteiger partial charge in [0.15, 0.2) is 0 Å². The second kappa shape index (κ2) is 7.44. The second-order valence-electron chi connectivity index (χ2n) is 4.45. The number of carbonyl (C=O) groups excluding carboxylic acids is 1. The summed E-state index contributed by atoms with van der Waals surface area (Å²) in [5.74, 6) is 0.441. The predicted octanol–water partition coefficient (Wildman–Crippen LogP) is 2.75. The molecule has 100 valence electrons. The van der Waals surface area contributed by atoms with Crippen molar-refractivity contribution in [2.24, 2.45) is 0 Å². The molecule has 18 heavy (non-hydrogen) atoms. The van der Waals surface area contributed by atoms with Gasteiger partial charge in [-0.1, -0.05) is 25.1 Å². The number of carbonyl (C=O) groups is 1. The number of aliphatic hydroxyl groups is 1. The van der Waals surface area contributed by atoms with Crippen LogP contribution in [-0.2, 0) is 4.79 Å². The molecule has 0 aromatic heterocycles. The van der Waals surface area contributed by atoms with Gasteiger partial charge in [0.05, 0.1) is 5.75 Å². The van der Waals surface area contributed by atoms with E-state index in [9.17, 15) is 4.79 Å². The Balaban J connectivity index is 2.50. The van der Waals surface area contributed by atoms with Gasteiger partial charge in [-0.3, -0.25) is 4.79 Å². The van der Waals surface area contributed by atoms with Crippen molar-refractivity contribution in [2.45, 2.75) is 32.4 Å². The number of thioether (sulfide) groups is 1. The van der Waals surface area contributed by atoms with E-state index in [0.717, 1.165) is 23.2 Å². The van der Waals surface area contributed by atoms with Gasteiger partial charge in [-0.05, 0) is 31.4 Å². The number of rotatable bonds is 6. The topological polar surface area (TPSA) is 49.3 Å². The van der Waals surface area contributed by atoms with Gasteiger partial charge in [0, 0.05) is 17.5 Å². The third-order valence-electron chi connectivity index (χ3n) is 2.78. The predicted molar refractivity (Wildman–Crippen MR) is 78.2 cm³/mol. The number of aryl methyl sites for hydroxylation is 2. The average molecular weight is 267 g/mol. The first-order valence-corrected chi connectivity index (χ1v) is 7.18. The van der Waals surface area contributed by atoms with Crippen molar-refractivity contribution in [2.75, 3.05) is 17.7 Å². The van der Waals surface area contributed by atoms with E-state index in [2.05, 4.69) is 5.32 Å². The van der Waals surface area contributed by atoms with E-state index in [1.54, 1.807) is 11.8 Å². The van der Waals surface area contributed by atoms with Crippen LogP contribution in [0.4, 0.5) is 5.69 Å². The van der Waals surface area contributed by atoms with E-state index in [-0.39, 0.29) is 12.5 Å². The Kier molecular flexibility index (Phi) is 6.22. The fraction of sp³-hybridized carbons (Fsp3) is 0.500. The molecule has 1 aromatic rings. The largest absolute Gasteiger partial charge is 0.396 e. The molecule has 1 rings (SSSR count). The Hall–Kier alpha value is -1.000. The van der Waals surface area contributed by atoms with Crippen molar-refractivity contribution in [3.63, 3.8) is 0 Å². The quantitative estimate of drug-likeness (QED) is 0.833. The van der Waals surface area contributed by atoms with Gasteiger partial charge in [0.25, 0.3) is 0 Å². The van der Waals surface area contributed by atoms with Crippen molar-refractivity contribution in [1.29, 1.82) is 0 Å². The lowest BCUT2D eigenvalue weighted by molar-refractivity contribution is -0.113. The molecule has 1 aromatic carbocycles. The molecule has 4 heteroatoms. The lowest BCUT2D eigenvalue weighted by Crippen LogP contribution is -2.17. The summed E-state index contributed by atoms with van der Waals surface area (Å²) in [7, 11) is 0. The number of amides is 1. The van der Waals surface area contributed by atoms with E-state index in [0.29, 0.717) is 11.0 Å². The summed E-state index contributed by atoms with van der Waals surface area (Å²) in [5.41, 5.74) is 3.08. The summed E-state index contributed by atoms with van der Waals surface area (Å²) < 4.78 is 0. The van der Waals surface area contributed by atoms with Crippen LogP contribution in [0.3, 0.4) is 0 Å². The van der Waals surface area contributed by atoms with Crippen LogP contribution in [0.25, 0.3) is 0 Å². The fourth-order valence-corrected chi connectivity index (χ4v) is 2.45.